The van der Waals surface area contributed by atoms with Crippen molar-refractivity contribution in [3.05, 3.63) is 69.8 Å². The molecule has 1 aliphatic rings. The molecule has 1 unspecified atom stereocenters. The maximum absolute atomic E-state index is 14.4. The van der Waals surface area contributed by atoms with Gasteiger partial charge in [-0.3, -0.25) is 9.69 Å². The molecular formula is C39H60F2N2O4Si. The number of nitrogens with zero attached hydrogens (tertiary/aromatic N) is 1. The van der Waals surface area contributed by atoms with Crippen LogP contribution in [0.25, 0.3) is 0 Å². The molecule has 2 aromatic rings. The van der Waals surface area contributed by atoms with Gasteiger partial charge in [0.05, 0.1) is 24.7 Å². The van der Waals surface area contributed by atoms with Crippen LogP contribution in [0.4, 0.5) is 13.6 Å². The molecule has 1 N–H and O–H groups in total. The summed E-state index contributed by atoms with van der Waals surface area (Å²) in [6.45, 7) is 22.2. The van der Waals surface area contributed by atoms with Crippen molar-refractivity contribution in [3.8, 4) is 0 Å². The Hall–Kier alpha value is -2.78. The summed E-state index contributed by atoms with van der Waals surface area (Å²) in [4.78, 5) is 28.9. The largest absolute Gasteiger partial charge is 0.444 e. The van der Waals surface area contributed by atoms with Crippen LogP contribution >= 0.6 is 0 Å². The third-order valence-electron chi connectivity index (χ3n) is 9.76. The zero-order chi connectivity index (χ0) is 36.0. The Bertz CT molecular complexity index is 1400. The molecule has 2 amide bonds. The first kappa shape index (κ1) is 39.7. The summed E-state index contributed by atoms with van der Waals surface area (Å²) >= 11 is 0. The highest BCUT2D eigenvalue weighted by molar-refractivity contribution is 6.74. The normalized spacial score (nSPS) is 16.6. The Balaban J connectivity index is 2.21. The summed E-state index contributed by atoms with van der Waals surface area (Å²) in [5, 5.41) is 2.86. The van der Waals surface area contributed by atoms with Gasteiger partial charge in [0.2, 0.25) is 5.91 Å². The third-order valence-corrected chi connectivity index (χ3v) is 14.3. The van der Waals surface area contributed by atoms with Crippen LogP contribution < -0.4 is 5.32 Å². The zero-order valence-corrected chi connectivity index (χ0v) is 32.3. The second-order valence-electron chi connectivity index (χ2n) is 16.0. The molecule has 48 heavy (non-hydrogen) atoms. The number of rotatable bonds is 13. The molecule has 3 atom stereocenters. The quantitative estimate of drug-likeness (QED) is 0.213. The van der Waals surface area contributed by atoms with E-state index >= 15 is 0 Å². The standard InChI is InChI=1S/C39H60F2N2O4Si/c1-12-14-16-29-19-27(13-2)22-33-32(29)17-15-18-35(33)43(37(45)46-38(4,5)6)25-36(47-48(10,11)39(7,8)9)34(42-26(3)44)23-28-20-30(40)24-31(41)21-28/h19-22,24,34-36H,12-18,23,25H2,1-11H3,(H,42,44)/t34?,35-,36+/m0/s1. The van der Waals surface area contributed by atoms with Gasteiger partial charge in [0.15, 0.2) is 8.32 Å². The van der Waals surface area contributed by atoms with Crippen LogP contribution in [0.3, 0.4) is 0 Å². The molecule has 9 heteroatoms. The van der Waals surface area contributed by atoms with Crippen LogP contribution in [0.1, 0.15) is 122 Å². The average Bonchev–Trinajstić information content (AvgIpc) is 2.95. The fourth-order valence-corrected chi connectivity index (χ4v) is 7.69. The van der Waals surface area contributed by atoms with Crippen molar-refractivity contribution in [3.63, 3.8) is 0 Å². The van der Waals surface area contributed by atoms with Crippen molar-refractivity contribution in [2.45, 2.75) is 156 Å². The van der Waals surface area contributed by atoms with Gasteiger partial charge in [-0.25, -0.2) is 13.6 Å². The SMILES string of the molecule is CCCCc1cc(CC)cc2c1CCC[C@@H]2N(C[C@@H](O[Si](C)(C)C(C)(C)C)C(Cc1cc(F)cc(F)c1)NC(C)=O)C(=O)OC(C)(C)C. The van der Waals surface area contributed by atoms with E-state index in [-0.39, 0.29) is 30.0 Å². The van der Waals surface area contributed by atoms with E-state index in [1.807, 2.05) is 25.7 Å². The van der Waals surface area contributed by atoms with Crippen molar-refractivity contribution < 1.29 is 27.5 Å². The van der Waals surface area contributed by atoms with Gasteiger partial charge >= 0.3 is 6.09 Å². The molecule has 6 nitrogen and oxygen atoms in total. The number of unbranched alkanes of at least 4 members (excludes halogenated alkanes) is 1. The predicted octanol–water partition coefficient (Wildman–Crippen LogP) is 9.62. The van der Waals surface area contributed by atoms with Crippen molar-refractivity contribution in [2.24, 2.45) is 0 Å². The van der Waals surface area contributed by atoms with Gasteiger partial charge in [-0.1, -0.05) is 53.2 Å². The van der Waals surface area contributed by atoms with E-state index in [1.165, 1.54) is 35.7 Å². The highest BCUT2D eigenvalue weighted by Gasteiger charge is 2.43. The van der Waals surface area contributed by atoms with E-state index in [1.54, 1.807) is 0 Å². The first-order chi connectivity index (χ1) is 22.2. The van der Waals surface area contributed by atoms with Crippen molar-refractivity contribution in [2.75, 3.05) is 6.54 Å². The van der Waals surface area contributed by atoms with Crippen LogP contribution in [0.2, 0.25) is 18.1 Å². The molecule has 0 aliphatic heterocycles. The second kappa shape index (κ2) is 16.3. The number of carbonyl (C=O) groups is 2. The van der Waals surface area contributed by atoms with Gasteiger partial charge in [-0.15, -0.1) is 0 Å². The summed E-state index contributed by atoms with van der Waals surface area (Å²) in [6, 6.07) is 7.07. The number of nitrogens with one attached hydrogen (secondary N) is 1. The molecule has 268 valence electrons. The average molecular weight is 687 g/mol. The van der Waals surface area contributed by atoms with E-state index in [9.17, 15) is 18.4 Å². The number of hydrogen-bond donors (Lipinski definition) is 1. The van der Waals surface area contributed by atoms with Crippen LogP contribution in [0.5, 0.6) is 0 Å². The summed E-state index contributed by atoms with van der Waals surface area (Å²) < 4.78 is 41.9. The number of amides is 2. The Morgan fingerprint density at radius 1 is 1.00 bits per heavy atom. The molecule has 0 heterocycles. The van der Waals surface area contributed by atoms with Crippen LogP contribution in [-0.4, -0.2) is 49.5 Å². The lowest BCUT2D eigenvalue weighted by Crippen LogP contribution is -2.57. The van der Waals surface area contributed by atoms with E-state index in [2.05, 4.69) is 65.2 Å². The molecule has 0 bridgehead atoms. The topological polar surface area (TPSA) is 67.9 Å². The van der Waals surface area contributed by atoms with Crippen LogP contribution in [-0.2, 0) is 39.6 Å². The fourth-order valence-electron chi connectivity index (χ4n) is 6.34. The Kier molecular flexibility index (Phi) is 13.5. The lowest BCUT2D eigenvalue weighted by atomic mass is 9.81. The number of ether oxygens (including phenoxy) is 1. The van der Waals surface area contributed by atoms with Gasteiger partial charge in [0.25, 0.3) is 0 Å². The monoisotopic (exact) mass is 686 g/mol. The van der Waals surface area contributed by atoms with Gasteiger partial charge in [0.1, 0.15) is 17.2 Å². The van der Waals surface area contributed by atoms with E-state index < -0.39 is 43.8 Å². The van der Waals surface area contributed by atoms with Crippen LogP contribution in [0, 0.1) is 11.6 Å². The van der Waals surface area contributed by atoms with E-state index in [0.29, 0.717) is 5.56 Å². The second-order valence-corrected chi connectivity index (χ2v) is 20.8. The molecule has 1 aliphatic carbocycles. The zero-order valence-electron chi connectivity index (χ0n) is 31.3. The van der Waals surface area contributed by atoms with Gasteiger partial charge in [-0.2, -0.15) is 0 Å². The third kappa shape index (κ3) is 10.9. The minimum absolute atomic E-state index is 0.123. The number of benzene rings is 2. The number of carbonyl (C=O) groups excluding carboxylic acids is 2. The first-order valence-electron chi connectivity index (χ1n) is 17.8. The number of hydrogen-bond acceptors (Lipinski definition) is 4. The molecule has 0 saturated carbocycles. The maximum atomic E-state index is 14.4. The number of aryl methyl sites for hydroxylation is 2. The summed E-state index contributed by atoms with van der Waals surface area (Å²) in [7, 11) is -2.51. The first-order valence-corrected chi connectivity index (χ1v) is 20.7. The lowest BCUT2D eigenvalue weighted by Gasteiger charge is -2.45. The van der Waals surface area contributed by atoms with Crippen molar-refractivity contribution >= 4 is 20.3 Å². The Labute approximate surface area is 289 Å². The summed E-state index contributed by atoms with van der Waals surface area (Å²) in [5.74, 6) is -1.66. The molecule has 0 radical (unpaired) electrons. The van der Waals surface area contributed by atoms with Crippen molar-refractivity contribution in [1.82, 2.24) is 10.2 Å². The van der Waals surface area contributed by atoms with Crippen molar-refractivity contribution in [1.29, 1.82) is 0 Å². The smallest absolute Gasteiger partial charge is 0.410 e. The molecule has 0 fully saturated rings. The molecular weight excluding hydrogens is 627 g/mol. The van der Waals surface area contributed by atoms with E-state index in [0.717, 1.165) is 56.6 Å². The summed E-state index contributed by atoms with van der Waals surface area (Å²) in [6.07, 6.45) is 5.72. The minimum atomic E-state index is -2.51. The van der Waals surface area contributed by atoms with Gasteiger partial charge in [0, 0.05) is 13.0 Å². The Morgan fingerprint density at radius 2 is 1.65 bits per heavy atom. The van der Waals surface area contributed by atoms with Gasteiger partial charge in [-0.05, 0) is 124 Å². The number of halogens is 2. The molecule has 0 saturated heterocycles. The molecule has 0 spiro atoms. The van der Waals surface area contributed by atoms with Crippen LogP contribution in [0.15, 0.2) is 30.3 Å². The summed E-state index contributed by atoms with van der Waals surface area (Å²) in [5.41, 5.74) is 4.74. The predicted molar refractivity (Wildman–Crippen MR) is 193 cm³/mol. The molecule has 3 rings (SSSR count). The van der Waals surface area contributed by atoms with Gasteiger partial charge < -0.3 is 14.5 Å². The molecule has 0 aromatic heterocycles. The maximum Gasteiger partial charge on any atom is 0.410 e. The lowest BCUT2D eigenvalue weighted by molar-refractivity contribution is -0.120. The Morgan fingerprint density at radius 3 is 2.19 bits per heavy atom. The minimum Gasteiger partial charge on any atom is -0.444 e. The highest BCUT2D eigenvalue weighted by Crippen LogP contribution is 2.41. The molecule has 2 aromatic carbocycles. The number of fused-ring (bicyclic) bond motifs is 1. The fraction of sp³-hybridized carbons (Fsp3) is 0.641. The van der Waals surface area contributed by atoms with E-state index in [4.69, 9.17) is 9.16 Å². The highest BCUT2D eigenvalue weighted by atomic mass is 28.4.